The zero-order valence-electron chi connectivity index (χ0n) is 21.8. The molecule has 10 heteroatoms. The fraction of sp³-hybridized carbons (Fsp3) is 0.444. The van der Waals surface area contributed by atoms with Crippen LogP contribution in [0.3, 0.4) is 0 Å². The van der Waals surface area contributed by atoms with E-state index in [1.807, 2.05) is 38.1 Å². The standard InChI is InChI=1S/C27H34N6O4/c1-5-22(27(35)28-20-10-6-7-11-20)33(21-12-8-9-18(2)15-21)25(34)17-32-30-26(29-31-32)19-13-14-23(36-3)24(16-19)37-4/h8-9,12-16,20,22H,5-7,10-11,17H2,1-4H3,(H,28,35)/t22-/m0/s1. The summed E-state index contributed by atoms with van der Waals surface area (Å²) in [5.74, 6) is 1.04. The number of amides is 2. The smallest absolute Gasteiger partial charge is 0.251 e. The third-order valence-corrected chi connectivity index (χ3v) is 6.62. The molecule has 0 spiro atoms. The summed E-state index contributed by atoms with van der Waals surface area (Å²) in [4.78, 5) is 29.8. The van der Waals surface area contributed by atoms with Crippen LogP contribution < -0.4 is 19.7 Å². The highest BCUT2D eigenvalue weighted by molar-refractivity contribution is 6.00. The number of hydrogen-bond acceptors (Lipinski definition) is 7. The molecule has 37 heavy (non-hydrogen) atoms. The second-order valence-corrected chi connectivity index (χ2v) is 9.23. The molecular weight excluding hydrogens is 472 g/mol. The summed E-state index contributed by atoms with van der Waals surface area (Å²) in [7, 11) is 3.12. The summed E-state index contributed by atoms with van der Waals surface area (Å²) < 4.78 is 10.6. The number of methoxy groups -OCH3 is 2. The third kappa shape index (κ3) is 6.07. The molecule has 1 fully saturated rings. The molecular formula is C27H34N6O4. The molecule has 1 N–H and O–H groups in total. The molecule has 1 atom stereocenters. The second-order valence-electron chi connectivity index (χ2n) is 9.23. The van der Waals surface area contributed by atoms with Gasteiger partial charge in [-0.15, -0.1) is 10.2 Å². The number of rotatable bonds is 10. The van der Waals surface area contributed by atoms with Crippen LogP contribution in [0.2, 0.25) is 0 Å². The van der Waals surface area contributed by atoms with Crippen LogP contribution >= 0.6 is 0 Å². The molecule has 0 bridgehead atoms. The van der Waals surface area contributed by atoms with Gasteiger partial charge in [0, 0.05) is 17.3 Å². The summed E-state index contributed by atoms with van der Waals surface area (Å²) in [5, 5.41) is 15.8. The Morgan fingerprint density at radius 2 is 1.86 bits per heavy atom. The van der Waals surface area contributed by atoms with Crippen LogP contribution in [0.25, 0.3) is 11.4 Å². The molecule has 3 aromatic rings. The van der Waals surface area contributed by atoms with Gasteiger partial charge in [-0.1, -0.05) is 31.9 Å². The van der Waals surface area contributed by atoms with Crippen LogP contribution in [-0.2, 0) is 16.1 Å². The molecule has 0 radical (unpaired) electrons. The fourth-order valence-corrected chi connectivity index (χ4v) is 4.73. The Morgan fingerprint density at radius 1 is 1.11 bits per heavy atom. The highest BCUT2D eigenvalue weighted by atomic mass is 16.5. The average molecular weight is 507 g/mol. The first kappa shape index (κ1) is 26.1. The first-order chi connectivity index (χ1) is 17.9. The van der Waals surface area contributed by atoms with Gasteiger partial charge in [0.05, 0.1) is 14.2 Å². The van der Waals surface area contributed by atoms with Crippen LogP contribution in [0.4, 0.5) is 5.69 Å². The maximum absolute atomic E-state index is 13.7. The number of ether oxygens (including phenoxy) is 2. The first-order valence-corrected chi connectivity index (χ1v) is 12.6. The normalized spacial score (nSPS) is 14.3. The van der Waals surface area contributed by atoms with Crippen molar-refractivity contribution >= 4 is 17.5 Å². The van der Waals surface area contributed by atoms with E-state index in [1.54, 1.807) is 37.3 Å². The molecule has 1 aliphatic rings. The summed E-state index contributed by atoms with van der Waals surface area (Å²) in [6.45, 7) is 3.71. The molecule has 1 aliphatic carbocycles. The Labute approximate surface area is 216 Å². The summed E-state index contributed by atoms with van der Waals surface area (Å²) in [6, 6.07) is 12.4. The molecule has 196 valence electrons. The van der Waals surface area contributed by atoms with Crippen LogP contribution in [0.15, 0.2) is 42.5 Å². The minimum absolute atomic E-state index is 0.137. The van der Waals surface area contributed by atoms with E-state index in [1.165, 1.54) is 4.80 Å². The maximum Gasteiger partial charge on any atom is 0.251 e. The van der Waals surface area contributed by atoms with Gasteiger partial charge in [-0.05, 0) is 67.3 Å². The highest BCUT2D eigenvalue weighted by Gasteiger charge is 2.32. The highest BCUT2D eigenvalue weighted by Crippen LogP contribution is 2.31. The van der Waals surface area contributed by atoms with Crippen molar-refractivity contribution in [1.29, 1.82) is 0 Å². The zero-order valence-corrected chi connectivity index (χ0v) is 21.8. The van der Waals surface area contributed by atoms with Gasteiger partial charge < -0.3 is 14.8 Å². The Kier molecular flexibility index (Phi) is 8.37. The van der Waals surface area contributed by atoms with Gasteiger partial charge in [0.1, 0.15) is 12.6 Å². The minimum atomic E-state index is -0.649. The molecule has 4 rings (SSSR count). The van der Waals surface area contributed by atoms with Gasteiger partial charge in [-0.25, -0.2) is 0 Å². The lowest BCUT2D eigenvalue weighted by molar-refractivity contribution is -0.127. The SMILES string of the molecule is CC[C@@H](C(=O)NC1CCCC1)N(C(=O)Cn1nnc(-c2ccc(OC)c(OC)c2)n1)c1cccc(C)c1. The Bertz CT molecular complexity index is 1240. The summed E-state index contributed by atoms with van der Waals surface area (Å²) in [6.07, 6.45) is 4.65. The number of nitrogens with zero attached hydrogens (tertiary/aromatic N) is 5. The Balaban J connectivity index is 1.58. The average Bonchev–Trinajstić information content (AvgIpc) is 3.59. The number of hydrogen-bond donors (Lipinski definition) is 1. The van der Waals surface area contributed by atoms with Crippen LogP contribution in [0.5, 0.6) is 11.5 Å². The molecule has 1 saturated carbocycles. The van der Waals surface area contributed by atoms with Gasteiger partial charge in [0.25, 0.3) is 5.91 Å². The van der Waals surface area contributed by atoms with Crippen molar-refractivity contribution in [3.8, 4) is 22.9 Å². The van der Waals surface area contributed by atoms with E-state index in [2.05, 4.69) is 20.7 Å². The van der Waals surface area contributed by atoms with Gasteiger partial charge in [-0.3, -0.25) is 14.5 Å². The Hall–Kier alpha value is -3.95. The lowest BCUT2D eigenvalue weighted by Gasteiger charge is -2.31. The van der Waals surface area contributed by atoms with Crippen molar-refractivity contribution in [2.45, 2.75) is 64.6 Å². The first-order valence-electron chi connectivity index (χ1n) is 12.6. The van der Waals surface area contributed by atoms with E-state index in [9.17, 15) is 9.59 Å². The number of anilines is 1. The molecule has 10 nitrogen and oxygen atoms in total. The lowest BCUT2D eigenvalue weighted by Crippen LogP contribution is -2.52. The van der Waals surface area contributed by atoms with Gasteiger partial charge >= 0.3 is 0 Å². The van der Waals surface area contributed by atoms with Crippen molar-refractivity contribution in [1.82, 2.24) is 25.5 Å². The van der Waals surface area contributed by atoms with Gasteiger partial charge in [0.15, 0.2) is 11.5 Å². The maximum atomic E-state index is 13.7. The number of carbonyl (C=O) groups excluding carboxylic acids is 2. The number of carbonyl (C=O) groups is 2. The molecule has 2 amide bonds. The van der Waals surface area contributed by atoms with E-state index < -0.39 is 6.04 Å². The Morgan fingerprint density at radius 3 is 2.54 bits per heavy atom. The van der Waals surface area contributed by atoms with Crippen LogP contribution in [0.1, 0.15) is 44.6 Å². The molecule has 1 aromatic heterocycles. The number of aryl methyl sites for hydroxylation is 1. The summed E-state index contributed by atoms with van der Waals surface area (Å²) >= 11 is 0. The predicted octanol–water partition coefficient (Wildman–Crippen LogP) is 3.54. The topological polar surface area (TPSA) is 111 Å². The van der Waals surface area contributed by atoms with E-state index in [0.29, 0.717) is 35.0 Å². The molecule has 0 aliphatic heterocycles. The van der Waals surface area contributed by atoms with Crippen LogP contribution in [-0.4, -0.2) is 58.3 Å². The number of benzene rings is 2. The summed E-state index contributed by atoms with van der Waals surface area (Å²) in [5.41, 5.74) is 2.34. The monoisotopic (exact) mass is 506 g/mol. The predicted molar refractivity (Wildman–Crippen MR) is 139 cm³/mol. The zero-order chi connectivity index (χ0) is 26.4. The number of nitrogens with one attached hydrogen (secondary N) is 1. The van der Waals surface area contributed by atoms with Crippen molar-refractivity contribution in [3.63, 3.8) is 0 Å². The van der Waals surface area contributed by atoms with Crippen LogP contribution in [0, 0.1) is 6.92 Å². The second kappa shape index (κ2) is 11.9. The minimum Gasteiger partial charge on any atom is -0.493 e. The van der Waals surface area contributed by atoms with E-state index in [-0.39, 0.29) is 24.4 Å². The largest absolute Gasteiger partial charge is 0.493 e. The number of aromatic nitrogens is 4. The van der Waals surface area contributed by atoms with Gasteiger partial charge in [-0.2, -0.15) is 4.80 Å². The number of tetrazole rings is 1. The van der Waals surface area contributed by atoms with E-state index in [0.717, 1.165) is 31.2 Å². The molecule has 0 saturated heterocycles. The van der Waals surface area contributed by atoms with Crippen molar-refractivity contribution in [2.24, 2.45) is 0 Å². The van der Waals surface area contributed by atoms with Crippen molar-refractivity contribution in [2.75, 3.05) is 19.1 Å². The quantitative estimate of drug-likeness (QED) is 0.448. The van der Waals surface area contributed by atoms with E-state index in [4.69, 9.17) is 9.47 Å². The fourth-order valence-electron chi connectivity index (χ4n) is 4.73. The van der Waals surface area contributed by atoms with Crippen molar-refractivity contribution in [3.05, 3.63) is 48.0 Å². The van der Waals surface area contributed by atoms with Crippen molar-refractivity contribution < 1.29 is 19.1 Å². The molecule has 2 aromatic carbocycles. The molecule has 0 unspecified atom stereocenters. The third-order valence-electron chi connectivity index (χ3n) is 6.62. The molecule has 1 heterocycles. The van der Waals surface area contributed by atoms with E-state index >= 15 is 0 Å². The van der Waals surface area contributed by atoms with Gasteiger partial charge in [0.2, 0.25) is 11.7 Å². The lowest BCUT2D eigenvalue weighted by atomic mass is 10.1.